The summed E-state index contributed by atoms with van der Waals surface area (Å²) >= 11 is 1.82. The second kappa shape index (κ2) is 5.25. The van der Waals surface area contributed by atoms with E-state index in [0.717, 1.165) is 12.8 Å². The van der Waals surface area contributed by atoms with E-state index in [1.807, 2.05) is 11.3 Å². The number of rotatable bonds is 4. The van der Waals surface area contributed by atoms with Crippen LogP contribution in [0.2, 0.25) is 0 Å². The van der Waals surface area contributed by atoms with Crippen LogP contribution in [0.1, 0.15) is 36.4 Å². The quantitative estimate of drug-likeness (QED) is 0.872. The molecule has 0 radical (unpaired) electrons. The Hall–Kier alpha value is -0.450. The lowest BCUT2D eigenvalue weighted by Crippen LogP contribution is -2.15. The minimum atomic E-state index is 0.280. The third-order valence-corrected chi connectivity index (χ3v) is 4.22. The molecule has 2 atom stereocenters. The molecule has 2 rings (SSSR count). The standard InChI is InChI=1S/C12H21N3S/c1-9(13)3-4-11-8-16-12(14-11)10-5-6-15(2)7-10/h8-10H,3-7,13H2,1-2H3. The van der Waals surface area contributed by atoms with Crippen molar-refractivity contribution in [1.82, 2.24) is 9.88 Å². The van der Waals surface area contributed by atoms with Crippen molar-refractivity contribution in [3.05, 3.63) is 16.1 Å². The Morgan fingerprint density at radius 3 is 3.12 bits per heavy atom. The zero-order valence-electron chi connectivity index (χ0n) is 10.1. The van der Waals surface area contributed by atoms with E-state index in [1.165, 1.54) is 30.2 Å². The second-order valence-corrected chi connectivity index (χ2v) is 5.83. The molecule has 0 aliphatic carbocycles. The lowest BCUT2D eigenvalue weighted by molar-refractivity contribution is 0.411. The molecule has 3 nitrogen and oxygen atoms in total. The number of nitrogens with zero attached hydrogens (tertiary/aromatic N) is 2. The molecule has 1 saturated heterocycles. The van der Waals surface area contributed by atoms with Crippen LogP contribution in [0, 0.1) is 0 Å². The van der Waals surface area contributed by atoms with Gasteiger partial charge in [0.05, 0.1) is 10.7 Å². The summed E-state index contributed by atoms with van der Waals surface area (Å²) in [6.45, 7) is 4.43. The molecule has 2 N–H and O–H groups in total. The molecule has 90 valence electrons. The minimum Gasteiger partial charge on any atom is -0.328 e. The zero-order chi connectivity index (χ0) is 11.5. The lowest BCUT2D eigenvalue weighted by atomic mass is 10.1. The maximum Gasteiger partial charge on any atom is 0.0972 e. The van der Waals surface area contributed by atoms with Crippen LogP contribution in [0.3, 0.4) is 0 Å². The first-order chi connectivity index (χ1) is 7.65. The molecule has 4 heteroatoms. The van der Waals surface area contributed by atoms with Crippen molar-refractivity contribution < 1.29 is 0 Å². The molecule has 1 aliphatic heterocycles. The number of likely N-dealkylation sites (tertiary alicyclic amines) is 1. The normalized spacial score (nSPS) is 23.8. The molecule has 1 aromatic heterocycles. The van der Waals surface area contributed by atoms with Crippen molar-refractivity contribution in [1.29, 1.82) is 0 Å². The van der Waals surface area contributed by atoms with Gasteiger partial charge in [-0.3, -0.25) is 0 Å². The van der Waals surface area contributed by atoms with Crippen molar-refractivity contribution in [2.75, 3.05) is 20.1 Å². The third kappa shape index (κ3) is 3.03. The van der Waals surface area contributed by atoms with Gasteiger partial charge in [0.25, 0.3) is 0 Å². The summed E-state index contributed by atoms with van der Waals surface area (Å²) < 4.78 is 0. The van der Waals surface area contributed by atoms with E-state index in [0.29, 0.717) is 5.92 Å². The molecule has 0 bridgehead atoms. The predicted molar refractivity (Wildman–Crippen MR) is 68.9 cm³/mol. The van der Waals surface area contributed by atoms with E-state index in [4.69, 9.17) is 10.7 Å². The number of likely N-dealkylation sites (N-methyl/N-ethyl adjacent to an activating group) is 1. The second-order valence-electron chi connectivity index (χ2n) is 4.94. The molecule has 1 aliphatic rings. The van der Waals surface area contributed by atoms with Crippen molar-refractivity contribution in [3.8, 4) is 0 Å². The Labute approximate surface area is 102 Å². The van der Waals surface area contributed by atoms with Crippen LogP contribution in [0.15, 0.2) is 5.38 Å². The fraction of sp³-hybridized carbons (Fsp3) is 0.750. The van der Waals surface area contributed by atoms with Crippen LogP contribution in [0.25, 0.3) is 0 Å². The summed E-state index contributed by atoms with van der Waals surface area (Å²) in [5, 5.41) is 3.53. The van der Waals surface area contributed by atoms with Crippen LogP contribution in [-0.4, -0.2) is 36.1 Å². The SMILES string of the molecule is CC(N)CCc1csc(C2CCN(C)C2)n1. The topological polar surface area (TPSA) is 42.1 Å². The van der Waals surface area contributed by atoms with Gasteiger partial charge in [-0.2, -0.15) is 0 Å². The fourth-order valence-corrected chi connectivity index (χ4v) is 3.12. The molecule has 0 amide bonds. The van der Waals surface area contributed by atoms with Crippen molar-refractivity contribution in [3.63, 3.8) is 0 Å². The van der Waals surface area contributed by atoms with Gasteiger partial charge in [-0.05, 0) is 39.8 Å². The average Bonchev–Trinajstić information content (AvgIpc) is 2.83. The van der Waals surface area contributed by atoms with Crippen molar-refractivity contribution >= 4 is 11.3 Å². The summed E-state index contributed by atoms with van der Waals surface area (Å²) in [6.07, 6.45) is 3.32. The van der Waals surface area contributed by atoms with Gasteiger partial charge in [0.1, 0.15) is 0 Å². The number of aryl methyl sites for hydroxylation is 1. The summed E-state index contributed by atoms with van der Waals surface area (Å²) in [6, 6.07) is 0.280. The molecule has 0 saturated carbocycles. The van der Waals surface area contributed by atoms with E-state index in [-0.39, 0.29) is 6.04 Å². The van der Waals surface area contributed by atoms with E-state index in [1.54, 1.807) is 0 Å². The molecule has 1 fully saturated rings. The Bertz CT molecular complexity index is 335. The molecular formula is C12H21N3S. The number of nitrogens with two attached hydrogens (primary N) is 1. The van der Waals surface area contributed by atoms with Gasteiger partial charge >= 0.3 is 0 Å². The predicted octanol–water partition coefficient (Wildman–Crippen LogP) is 1.84. The van der Waals surface area contributed by atoms with Gasteiger partial charge < -0.3 is 10.6 Å². The van der Waals surface area contributed by atoms with Gasteiger partial charge in [-0.25, -0.2) is 4.98 Å². The smallest absolute Gasteiger partial charge is 0.0972 e. The van der Waals surface area contributed by atoms with Crippen LogP contribution in [-0.2, 0) is 6.42 Å². The Morgan fingerprint density at radius 1 is 1.69 bits per heavy atom. The zero-order valence-corrected chi connectivity index (χ0v) is 11.0. The monoisotopic (exact) mass is 239 g/mol. The molecule has 0 aromatic carbocycles. The van der Waals surface area contributed by atoms with E-state index >= 15 is 0 Å². The van der Waals surface area contributed by atoms with Crippen LogP contribution >= 0.6 is 11.3 Å². The highest BCUT2D eigenvalue weighted by molar-refractivity contribution is 7.09. The Kier molecular flexibility index (Phi) is 3.95. The first-order valence-corrected chi connectivity index (χ1v) is 6.91. The lowest BCUT2D eigenvalue weighted by Gasteiger charge is -2.06. The first-order valence-electron chi connectivity index (χ1n) is 6.03. The van der Waals surface area contributed by atoms with Crippen LogP contribution in [0.5, 0.6) is 0 Å². The van der Waals surface area contributed by atoms with Crippen molar-refractivity contribution in [2.45, 2.75) is 38.1 Å². The first kappa shape index (κ1) is 12.0. The molecule has 2 heterocycles. The number of thiazole rings is 1. The van der Waals surface area contributed by atoms with Crippen LogP contribution < -0.4 is 5.73 Å². The summed E-state index contributed by atoms with van der Waals surface area (Å²) in [4.78, 5) is 7.12. The maximum atomic E-state index is 5.76. The Balaban J connectivity index is 1.91. The summed E-state index contributed by atoms with van der Waals surface area (Å²) in [5.74, 6) is 0.666. The Morgan fingerprint density at radius 2 is 2.50 bits per heavy atom. The molecule has 1 aromatic rings. The number of hydrogen-bond acceptors (Lipinski definition) is 4. The van der Waals surface area contributed by atoms with Gasteiger partial charge in [0.15, 0.2) is 0 Å². The highest BCUT2D eigenvalue weighted by atomic mass is 32.1. The fourth-order valence-electron chi connectivity index (χ4n) is 2.14. The van der Waals surface area contributed by atoms with Crippen molar-refractivity contribution in [2.24, 2.45) is 5.73 Å². The molecule has 0 spiro atoms. The molecule has 2 unspecified atom stereocenters. The van der Waals surface area contributed by atoms with E-state index in [9.17, 15) is 0 Å². The van der Waals surface area contributed by atoms with Gasteiger partial charge in [0.2, 0.25) is 0 Å². The van der Waals surface area contributed by atoms with Gasteiger partial charge in [-0.1, -0.05) is 0 Å². The number of hydrogen-bond donors (Lipinski definition) is 1. The highest BCUT2D eigenvalue weighted by Gasteiger charge is 2.23. The number of aromatic nitrogens is 1. The summed E-state index contributed by atoms with van der Waals surface area (Å²) in [7, 11) is 2.19. The molecule has 16 heavy (non-hydrogen) atoms. The highest BCUT2D eigenvalue weighted by Crippen LogP contribution is 2.28. The van der Waals surface area contributed by atoms with Crippen LogP contribution in [0.4, 0.5) is 0 Å². The van der Waals surface area contributed by atoms with E-state index < -0.39 is 0 Å². The minimum absolute atomic E-state index is 0.280. The largest absolute Gasteiger partial charge is 0.328 e. The maximum absolute atomic E-state index is 5.76. The van der Waals surface area contributed by atoms with Gasteiger partial charge in [0, 0.05) is 23.9 Å². The third-order valence-electron chi connectivity index (χ3n) is 3.17. The van der Waals surface area contributed by atoms with Gasteiger partial charge in [-0.15, -0.1) is 11.3 Å². The summed E-state index contributed by atoms with van der Waals surface area (Å²) in [5.41, 5.74) is 6.98. The average molecular weight is 239 g/mol. The molecular weight excluding hydrogens is 218 g/mol. The van der Waals surface area contributed by atoms with E-state index in [2.05, 4.69) is 24.3 Å².